The van der Waals surface area contributed by atoms with Crippen LogP contribution in [0.1, 0.15) is 5.56 Å². The number of carbonyl (C=O) groups excluding carboxylic acids is 1. The van der Waals surface area contributed by atoms with E-state index < -0.39 is 6.03 Å². The second-order valence-corrected chi connectivity index (χ2v) is 3.21. The van der Waals surface area contributed by atoms with E-state index in [0.29, 0.717) is 6.54 Å². The number of urea groups is 1. The lowest BCUT2D eigenvalue weighted by molar-refractivity contribution is 0.253. The highest BCUT2D eigenvalue weighted by molar-refractivity contribution is 7.80. The summed E-state index contributed by atoms with van der Waals surface area (Å²) in [6.45, 7) is 0.402. The summed E-state index contributed by atoms with van der Waals surface area (Å²) in [5.41, 5.74) is 5.71. The van der Waals surface area contributed by atoms with Crippen molar-refractivity contribution in [1.29, 1.82) is 0 Å². The Bertz CT molecular complexity index is 366. The van der Waals surface area contributed by atoms with Crippen molar-refractivity contribution < 1.29 is 9.18 Å². The Morgan fingerprint density at radius 1 is 1.40 bits per heavy atom. The Hall–Kier alpha value is -1.69. The van der Waals surface area contributed by atoms with E-state index >= 15 is 0 Å². The van der Waals surface area contributed by atoms with Gasteiger partial charge in [0.2, 0.25) is 0 Å². The first-order valence-corrected chi connectivity index (χ1v) is 4.57. The maximum atomic E-state index is 12.5. The van der Waals surface area contributed by atoms with Crippen molar-refractivity contribution in [2.45, 2.75) is 6.54 Å². The quantitative estimate of drug-likeness (QED) is 0.657. The summed E-state index contributed by atoms with van der Waals surface area (Å²) < 4.78 is 12.5. The number of halogens is 1. The fraction of sp³-hybridized carbons (Fsp3) is 0.111. The molecule has 0 aliphatic rings. The zero-order chi connectivity index (χ0) is 11.3. The third-order valence-electron chi connectivity index (χ3n) is 1.60. The van der Waals surface area contributed by atoms with Crippen LogP contribution in [0.5, 0.6) is 0 Å². The van der Waals surface area contributed by atoms with Gasteiger partial charge in [-0.3, -0.25) is 5.32 Å². The highest BCUT2D eigenvalue weighted by Crippen LogP contribution is 2.01. The molecule has 0 aromatic heterocycles. The van der Waals surface area contributed by atoms with Gasteiger partial charge in [0.25, 0.3) is 0 Å². The lowest BCUT2D eigenvalue weighted by Crippen LogP contribution is -2.41. The molecule has 2 amide bonds. The van der Waals surface area contributed by atoms with Crippen molar-refractivity contribution in [3.63, 3.8) is 0 Å². The van der Waals surface area contributed by atoms with Crippen molar-refractivity contribution >= 4 is 23.4 Å². The Labute approximate surface area is 91.7 Å². The summed E-state index contributed by atoms with van der Waals surface area (Å²) in [7, 11) is 0. The molecule has 6 heteroatoms. The van der Waals surface area contributed by atoms with Gasteiger partial charge in [0, 0.05) is 6.54 Å². The number of primary amides is 1. The molecule has 0 atom stereocenters. The van der Waals surface area contributed by atoms with Gasteiger partial charge in [-0.1, -0.05) is 12.1 Å². The van der Waals surface area contributed by atoms with E-state index in [0.717, 1.165) is 5.56 Å². The SMILES string of the molecule is NC(=O)NC(=S)NCc1ccc(F)cc1. The van der Waals surface area contributed by atoms with Crippen LogP contribution in [-0.4, -0.2) is 11.1 Å². The van der Waals surface area contributed by atoms with Crippen LogP contribution < -0.4 is 16.4 Å². The van der Waals surface area contributed by atoms with E-state index in [1.807, 2.05) is 0 Å². The topological polar surface area (TPSA) is 67.2 Å². The molecule has 0 bridgehead atoms. The molecule has 0 saturated carbocycles. The lowest BCUT2D eigenvalue weighted by Gasteiger charge is -2.07. The van der Waals surface area contributed by atoms with Crippen LogP contribution in [0.2, 0.25) is 0 Å². The van der Waals surface area contributed by atoms with Crippen LogP contribution in [0, 0.1) is 5.82 Å². The van der Waals surface area contributed by atoms with E-state index in [4.69, 9.17) is 18.0 Å². The van der Waals surface area contributed by atoms with Crippen LogP contribution in [0.4, 0.5) is 9.18 Å². The highest BCUT2D eigenvalue weighted by atomic mass is 32.1. The third-order valence-corrected chi connectivity index (χ3v) is 1.85. The van der Waals surface area contributed by atoms with Gasteiger partial charge in [-0.15, -0.1) is 0 Å². The average molecular weight is 227 g/mol. The van der Waals surface area contributed by atoms with Crippen LogP contribution in [0.25, 0.3) is 0 Å². The molecule has 4 nitrogen and oxygen atoms in total. The first-order valence-electron chi connectivity index (χ1n) is 4.16. The fourth-order valence-corrected chi connectivity index (χ4v) is 1.11. The fourth-order valence-electron chi connectivity index (χ4n) is 0.941. The first kappa shape index (κ1) is 11.4. The molecule has 0 unspecified atom stereocenters. The molecule has 0 radical (unpaired) electrons. The number of nitrogens with two attached hydrogens (primary N) is 1. The molecule has 1 rings (SSSR count). The molecule has 0 spiro atoms. The summed E-state index contributed by atoms with van der Waals surface area (Å²) in [6, 6.07) is 5.22. The van der Waals surface area contributed by atoms with Crippen LogP contribution in [-0.2, 0) is 6.54 Å². The molecule has 4 N–H and O–H groups in total. The molecule has 0 saturated heterocycles. The number of thiocarbonyl (C=S) groups is 1. The van der Waals surface area contributed by atoms with Gasteiger partial charge < -0.3 is 11.1 Å². The number of hydrogen-bond donors (Lipinski definition) is 3. The van der Waals surface area contributed by atoms with Gasteiger partial charge >= 0.3 is 6.03 Å². The predicted octanol–water partition coefficient (Wildman–Crippen LogP) is 0.869. The summed E-state index contributed by atoms with van der Waals surface area (Å²) in [5, 5.41) is 5.10. The largest absolute Gasteiger partial charge is 0.358 e. The van der Waals surface area contributed by atoms with Gasteiger partial charge in [0.15, 0.2) is 5.11 Å². The van der Waals surface area contributed by atoms with E-state index in [9.17, 15) is 9.18 Å². The minimum atomic E-state index is -0.716. The third kappa shape index (κ3) is 4.37. The zero-order valence-electron chi connectivity index (χ0n) is 7.79. The molecule has 0 aliphatic carbocycles. The zero-order valence-corrected chi connectivity index (χ0v) is 8.60. The van der Waals surface area contributed by atoms with Crippen molar-refractivity contribution in [3.05, 3.63) is 35.6 Å². The minimum absolute atomic E-state index is 0.145. The highest BCUT2D eigenvalue weighted by Gasteiger charge is 1.98. The second kappa shape index (κ2) is 5.26. The van der Waals surface area contributed by atoms with E-state index in [-0.39, 0.29) is 10.9 Å². The molecule has 80 valence electrons. The Morgan fingerprint density at radius 3 is 2.53 bits per heavy atom. The summed E-state index contributed by atoms with van der Waals surface area (Å²) >= 11 is 4.76. The monoisotopic (exact) mass is 227 g/mol. The maximum absolute atomic E-state index is 12.5. The van der Waals surface area contributed by atoms with Crippen molar-refractivity contribution in [3.8, 4) is 0 Å². The van der Waals surface area contributed by atoms with Gasteiger partial charge in [0.1, 0.15) is 5.82 Å². The number of rotatable bonds is 2. The molecular formula is C9H10FN3OS. The van der Waals surface area contributed by atoms with Gasteiger partial charge in [-0.05, 0) is 29.9 Å². The van der Waals surface area contributed by atoms with Crippen LogP contribution in [0.3, 0.4) is 0 Å². The summed E-state index contributed by atoms with van der Waals surface area (Å²) in [6.07, 6.45) is 0. The van der Waals surface area contributed by atoms with Crippen molar-refractivity contribution in [1.82, 2.24) is 10.6 Å². The maximum Gasteiger partial charge on any atom is 0.318 e. The standard InChI is InChI=1S/C9H10FN3OS/c10-7-3-1-6(2-4-7)5-12-9(15)13-8(11)14/h1-4H,5H2,(H4,11,12,13,14,15). The summed E-state index contributed by atoms with van der Waals surface area (Å²) in [5.74, 6) is -0.295. The second-order valence-electron chi connectivity index (χ2n) is 2.80. The Kier molecular flexibility index (Phi) is 3.99. The normalized spacial score (nSPS) is 9.40. The predicted molar refractivity (Wildman–Crippen MR) is 58.6 cm³/mol. The smallest absolute Gasteiger partial charge is 0.318 e. The van der Waals surface area contributed by atoms with Crippen molar-refractivity contribution in [2.75, 3.05) is 0 Å². The Morgan fingerprint density at radius 2 is 2.00 bits per heavy atom. The number of hydrogen-bond acceptors (Lipinski definition) is 2. The molecule has 0 fully saturated rings. The first-order chi connectivity index (χ1) is 7.08. The average Bonchev–Trinajstić information content (AvgIpc) is 2.16. The number of benzene rings is 1. The van der Waals surface area contributed by atoms with E-state index in [1.54, 1.807) is 12.1 Å². The molecule has 15 heavy (non-hydrogen) atoms. The van der Waals surface area contributed by atoms with Crippen LogP contribution in [0.15, 0.2) is 24.3 Å². The van der Waals surface area contributed by atoms with E-state index in [2.05, 4.69) is 10.6 Å². The number of nitrogens with one attached hydrogen (secondary N) is 2. The van der Waals surface area contributed by atoms with Gasteiger partial charge in [0.05, 0.1) is 0 Å². The van der Waals surface area contributed by atoms with Crippen molar-refractivity contribution in [2.24, 2.45) is 5.73 Å². The van der Waals surface area contributed by atoms with E-state index in [1.165, 1.54) is 12.1 Å². The number of carbonyl (C=O) groups is 1. The van der Waals surface area contributed by atoms with Crippen LogP contribution >= 0.6 is 12.2 Å². The number of amides is 2. The lowest BCUT2D eigenvalue weighted by atomic mass is 10.2. The molecule has 1 aromatic carbocycles. The molecule has 0 aliphatic heterocycles. The van der Waals surface area contributed by atoms with Gasteiger partial charge in [-0.2, -0.15) is 0 Å². The Balaban J connectivity index is 2.40. The molecular weight excluding hydrogens is 217 g/mol. The summed E-state index contributed by atoms with van der Waals surface area (Å²) in [4.78, 5) is 10.4. The minimum Gasteiger partial charge on any atom is -0.358 e. The van der Waals surface area contributed by atoms with Gasteiger partial charge in [-0.25, -0.2) is 9.18 Å². The molecule has 1 aromatic rings. The molecule has 0 heterocycles.